The van der Waals surface area contributed by atoms with Crippen molar-refractivity contribution >= 4 is 39.6 Å². The Balaban J connectivity index is 2.31. The van der Waals surface area contributed by atoms with Crippen LogP contribution in [0.5, 0.6) is 5.75 Å². The standard InChI is InChI=1S/C14H12IO2/c1-2-13(9-16)17-14-6-4-10-7-12(15)5-3-11(10)8-14/h3-7,9,13H,2H2,1H3. The Bertz CT molecular complexity index is 537. The largest absolute Gasteiger partial charge is 0.482 e. The van der Waals surface area contributed by atoms with Gasteiger partial charge in [0.25, 0.3) is 0 Å². The van der Waals surface area contributed by atoms with E-state index in [1.54, 1.807) is 0 Å². The third kappa shape index (κ3) is 2.97. The Morgan fingerprint density at radius 3 is 2.94 bits per heavy atom. The second-order valence-electron chi connectivity index (χ2n) is 3.75. The van der Waals surface area contributed by atoms with Gasteiger partial charge in [0.05, 0.1) is 0 Å². The van der Waals surface area contributed by atoms with E-state index in [0.29, 0.717) is 12.2 Å². The second-order valence-corrected chi connectivity index (χ2v) is 5.00. The highest BCUT2D eigenvalue weighted by molar-refractivity contribution is 14.1. The van der Waals surface area contributed by atoms with Gasteiger partial charge in [-0.05, 0) is 58.0 Å². The van der Waals surface area contributed by atoms with Gasteiger partial charge < -0.3 is 4.74 Å². The molecule has 0 bridgehead atoms. The molecule has 0 aliphatic carbocycles. The Hall–Kier alpha value is -1.10. The fraction of sp³-hybridized carbons (Fsp3) is 0.214. The number of aldehydes is 1. The molecule has 17 heavy (non-hydrogen) atoms. The van der Waals surface area contributed by atoms with E-state index in [9.17, 15) is 4.79 Å². The highest BCUT2D eigenvalue weighted by atomic mass is 127. The summed E-state index contributed by atoms with van der Waals surface area (Å²) in [5, 5.41) is 2.13. The first-order valence-corrected chi connectivity index (χ1v) is 6.54. The van der Waals surface area contributed by atoms with E-state index in [1.807, 2.05) is 31.2 Å². The third-order valence-electron chi connectivity index (χ3n) is 2.52. The Morgan fingerprint density at radius 1 is 1.41 bits per heavy atom. The van der Waals surface area contributed by atoms with Crippen molar-refractivity contribution in [2.45, 2.75) is 19.4 Å². The van der Waals surface area contributed by atoms with Crippen LogP contribution in [0, 0.1) is 9.64 Å². The highest BCUT2D eigenvalue weighted by Crippen LogP contribution is 2.22. The van der Waals surface area contributed by atoms with Gasteiger partial charge in [0.1, 0.15) is 5.75 Å². The zero-order chi connectivity index (χ0) is 12.3. The van der Waals surface area contributed by atoms with Crippen molar-refractivity contribution in [3.63, 3.8) is 0 Å². The molecule has 2 aromatic rings. The van der Waals surface area contributed by atoms with Crippen molar-refractivity contribution in [1.82, 2.24) is 0 Å². The van der Waals surface area contributed by atoms with Crippen molar-refractivity contribution in [2.75, 3.05) is 0 Å². The molecule has 0 aliphatic rings. The number of fused-ring (bicyclic) bond motifs is 1. The summed E-state index contributed by atoms with van der Waals surface area (Å²) < 4.78 is 6.72. The molecule has 0 saturated heterocycles. The number of hydrogen-bond donors (Lipinski definition) is 0. The summed E-state index contributed by atoms with van der Waals surface area (Å²) >= 11 is 2.28. The lowest BCUT2D eigenvalue weighted by Crippen LogP contribution is -2.16. The van der Waals surface area contributed by atoms with E-state index in [0.717, 1.165) is 17.1 Å². The molecule has 1 radical (unpaired) electrons. The SMILES string of the molecule is CCC(C=O)Oc1[c]c2ccc(I)cc2cc1. The lowest BCUT2D eigenvalue weighted by atomic mass is 10.1. The molecule has 2 rings (SSSR count). The number of carbonyl (C=O) groups excluding carboxylic acids is 1. The lowest BCUT2D eigenvalue weighted by Gasteiger charge is -2.11. The maximum Gasteiger partial charge on any atom is 0.160 e. The van der Waals surface area contributed by atoms with Gasteiger partial charge in [-0.15, -0.1) is 0 Å². The first-order chi connectivity index (χ1) is 8.22. The monoisotopic (exact) mass is 339 g/mol. The fourth-order valence-corrected chi connectivity index (χ4v) is 2.08. The quantitative estimate of drug-likeness (QED) is 0.629. The minimum atomic E-state index is -0.382. The molecule has 2 aromatic carbocycles. The van der Waals surface area contributed by atoms with Crippen LogP contribution in [0.3, 0.4) is 0 Å². The van der Waals surface area contributed by atoms with Gasteiger partial charge >= 0.3 is 0 Å². The molecule has 0 aliphatic heterocycles. The third-order valence-corrected chi connectivity index (χ3v) is 3.19. The molecular formula is C14H12IO2. The van der Waals surface area contributed by atoms with Crippen LogP contribution in [0.1, 0.15) is 13.3 Å². The molecule has 1 atom stereocenters. The maximum absolute atomic E-state index is 10.7. The summed E-state index contributed by atoms with van der Waals surface area (Å²) in [7, 11) is 0. The van der Waals surface area contributed by atoms with Crippen molar-refractivity contribution < 1.29 is 9.53 Å². The summed E-state index contributed by atoms with van der Waals surface area (Å²) in [6, 6.07) is 13.1. The highest BCUT2D eigenvalue weighted by Gasteiger charge is 2.06. The van der Waals surface area contributed by atoms with E-state index in [4.69, 9.17) is 4.74 Å². The fourth-order valence-electron chi connectivity index (χ4n) is 1.56. The van der Waals surface area contributed by atoms with Crippen molar-refractivity contribution in [3.05, 3.63) is 40.0 Å². The minimum absolute atomic E-state index is 0.382. The molecule has 0 spiro atoms. The summed E-state index contributed by atoms with van der Waals surface area (Å²) in [5.41, 5.74) is 0. The molecule has 3 heteroatoms. The van der Waals surface area contributed by atoms with Crippen LogP contribution in [0.2, 0.25) is 0 Å². The van der Waals surface area contributed by atoms with Gasteiger partial charge in [0, 0.05) is 9.64 Å². The smallest absolute Gasteiger partial charge is 0.160 e. The van der Waals surface area contributed by atoms with Gasteiger partial charge in [0.15, 0.2) is 12.4 Å². The van der Waals surface area contributed by atoms with E-state index >= 15 is 0 Å². The van der Waals surface area contributed by atoms with Crippen LogP contribution >= 0.6 is 22.6 Å². The number of benzene rings is 2. The number of halogens is 1. The van der Waals surface area contributed by atoms with Crippen LogP contribution < -0.4 is 4.74 Å². The molecule has 0 amide bonds. The van der Waals surface area contributed by atoms with Crippen LogP contribution in [-0.4, -0.2) is 12.4 Å². The van der Waals surface area contributed by atoms with E-state index in [2.05, 4.69) is 34.7 Å². The summed E-state index contributed by atoms with van der Waals surface area (Å²) in [5.74, 6) is 0.623. The predicted octanol–water partition coefficient (Wildman–Crippen LogP) is 3.60. The Morgan fingerprint density at radius 2 is 2.24 bits per heavy atom. The number of carbonyl (C=O) groups is 1. The number of ether oxygens (including phenoxy) is 1. The summed E-state index contributed by atoms with van der Waals surface area (Å²) in [4.78, 5) is 10.7. The van der Waals surface area contributed by atoms with Gasteiger partial charge in [0.2, 0.25) is 0 Å². The summed E-state index contributed by atoms with van der Waals surface area (Å²) in [6.45, 7) is 1.92. The molecule has 87 valence electrons. The molecule has 0 fully saturated rings. The zero-order valence-corrected chi connectivity index (χ0v) is 11.6. The average molecular weight is 339 g/mol. The second kappa shape index (κ2) is 5.49. The first-order valence-electron chi connectivity index (χ1n) is 5.46. The van der Waals surface area contributed by atoms with Gasteiger partial charge in [-0.1, -0.05) is 19.1 Å². The Labute approximate surface area is 114 Å². The van der Waals surface area contributed by atoms with Gasteiger partial charge in [-0.2, -0.15) is 0 Å². The lowest BCUT2D eigenvalue weighted by molar-refractivity contribution is -0.113. The van der Waals surface area contributed by atoms with Crippen molar-refractivity contribution in [1.29, 1.82) is 0 Å². The van der Waals surface area contributed by atoms with E-state index < -0.39 is 0 Å². The first kappa shape index (κ1) is 12.4. The number of hydrogen-bond acceptors (Lipinski definition) is 2. The predicted molar refractivity (Wildman–Crippen MR) is 76.3 cm³/mol. The molecule has 2 nitrogen and oxygen atoms in total. The topological polar surface area (TPSA) is 26.3 Å². The molecule has 1 unspecified atom stereocenters. The minimum Gasteiger partial charge on any atom is -0.482 e. The van der Waals surface area contributed by atoms with Crippen LogP contribution in [0.4, 0.5) is 0 Å². The summed E-state index contributed by atoms with van der Waals surface area (Å²) in [6.07, 6.45) is 1.11. The Kier molecular flexibility index (Phi) is 3.99. The zero-order valence-electron chi connectivity index (χ0n) is 9.44. The normalized spacial score (nSPS) is 12.4. The van der Waals surface area contributed by atoms with Gasteiger partial charge in [-0.3, -0.25) is 4.79 Å². The molecule has 0 heterocycles. The van der Waals surface area contributed by atoms with Crippen molar-refractivity contribution in [2.24, 2.45) is 0 Å². The van der Waals surface area contributed by atoms with E-state index in [1.165, 1.54) is 3.57 Å². The van der Waals surface area contributed by atoms with Crippen LogP contribution in [0.25, 0.3) is 10.8 Å². The molecule has 0 N–H and O–H groups in total. The van der Waals surface area contributed by atoms with Crippen LogP contribution in [0.15, 0.2) is 30.3 Å². The van der Waals surface area contributed by atoms with E-state index in [-0.39, 0.29) is 6.10 Å². The molecule has 0 saturated carbocycles. The molecule has 0 aromatic heterocycles. The van der Waals surface area contributed by atoms with Crippen molar-refractivity contribution in [3.8, 4) is 5.75 Å². The van der Waals surface area contributed by atoms with Gasteiger partial charge in [-0.25, -0.2) is 0 Å². The average Bonchev–Trinajstić information content (AvgIpc) is 2.36. The number of rotatable bonds is 4. The molecular weight excluding hydrogens is 327 g/mol. The maximum atomic E-state index is 10.7. The van der Waals surface area contributed by atoms with Crippen LogP contribution in [-0.2, 0) is 4.79 Å².